The van der Waals surface area contributed by atoms with E-state index >= 15 is 0 Å². The normalized spacial score (nSPS) is 11.6. The number of carbonyl (C=O) groups is 2. The number of thiazole rings is 1. The Morgan fingerprint density at radius 1 is 1.17 bits per heavy atom. The molecule has 6 nitrogen and oxygen atoms in total. The van der Waals surface area contributed by atoms with Gasteiger partial charge in [-0.1, -0.05) is 23.7 Å². The maximum Gasteiger partial charge on any atom is 0.416 e. The highest BCUT2D eigenvalue weighted by molar-refractivity contribution is 7.23. The number of ether oxygens (including phenoxy) is 1. The smallest absolute Gasteiger partial charge is 0.416 e. The van der Waals surface area contributed by atoms with Crippen LogP contribution in [0.2, 0.25) is 5.02 Å². The first kappa shape index (κ1) is 25.0. The van der Waals surface area contributed by atoms with Crippen molar-refractivity contribution in [1.29, 1.82) is 0 Å². The first-order valence-electron chi connectivity index (χ1n) is 10.2. The Morgan fingerprint density at radius 3 is 2.57 bits per heavy atom. The van der Waals surface area contributed by atoms with E-state index in [0.717, 1.165) is 33.7 Å². The fourth-order valence-electron chi connectivity index (χ4n) is 3.27. The predicted octanol–water partition coefficient (Wildman–Crippen LogP) is 7.16. The molecule has 0 spiro atoms. The van der Waals surface area contributed by atoms with Crippen LogP contribution in [-0.2, 0) is 15.7 Å². The molecule has 0 fully saturated rings. The molecule has 4 rings (SSSR count). The Labute approximate surface area is 210 Å². The van der Waals surface area contributed by atoms with Crippen LogP contribution in [0.15, 0.2) is 42.5 Å². The third-order valence-corrected chi connectivity index (χ3v) is 7.39. The van der Waals surface area contributed by atoms with Gasteiger partial charge in [0.25, 0.3) is 0 Å². The van der Waals surface area contributed by atoms with E-state index in [1.54, 1.807) is 6.92 Å². The molecule has 0 bridgehead atoms. The number of Topliss-reactive ketones (excluding diaryl/α,β-unsaturated/α-hetero) is 1. The predicted molar refractivity (Wildman–Crippen MR) is 133 cm³/mol. The lowest BCUT2D eigenvalue weighted by molar-refractivity contribution is -0.142. The molecule has 0 saturated heterocycles. The quantitative estimate of drug-likeness (QED) is 0.147. The molecule has 0 radical (unpaired) electrons. The van der Waals surface area contributed by atoms with Crippen LogP contribution >= 0.6 is 34.3 Å². The average Bonchev–Trinajstić information content (AvgIpc) is 3.35. The average molecular weight is 540 g/mol. The minimum atomic E-state index is -4.55. The summed E-state index contributed by atoms with van der Waals surface area (Å²) in [5.41, 5.74) is 6.88. The summed E-state index contributed by atoms with van der Waals surface area (Å²) in [6.45, 7) is 1.76. The van der Waals surface area contributed by atoms with Crippen molar-refractivity contribution >= 4 is 72.6 Å². The first-order valence-corrected chi connectivity index (χ1v) is 12.2. The van der Waals surface area contributed by atoms with Gasteiger partial charge in [-0.15, -0.1) is 22.7 Å². The zero-order valence-electron chi connectivity index (χ0n) is 18.0. The van der Waals surface area contributed by atoms with E-state index in [-0.39, 0.29) is 27.9 Å². The number of benzene rings is 2. The Balaban J connectivity index is 1.79. The standard InChI is InChI=1S/C23H17ClF3N3O3S2/c1-2-33-17(32)10-15(31)20-19(28)18(21-30-14-5-3-4-6-16(14)34-21)22(35-20)29-13-8-7-11(9-12(13)24)23(25,26)27/h3-9,29H,2,10,28H2,1H3. The lowest BCUT2D eigenvalue weighted by Crippen LogP contribution is -2.11. The molecule has 4 aromatic rings. The van der Waals surface area contributed by atoms with Gasteiger partial charge in [-0.2, -0.15) is 13.2 Å². The van der Waals surface area contributed by atoms with Crippen LogP contribution in [0.25, 0.3) is 20.8 Å². The molecular formula is C23H17ClF3N3O3S2. The van der Waals surface area contributed by atoms with Crippen molar-refractivity contribution in [2.24, 2.45) is 0 Å². The van der Waals surface area contributed by atoms with Crippen LogP contribution in [0.5, 0.6) is 0 Å². The molecule has 0 aliphatic rings. The summed E-state index contributed by atoms with van der Waals surface area (Å²) in [6.07, 6.45) is -5.05. The Morgan fingerprint density at radius 2 is 1.91 bits per heavy atom. The first-order chi connectivity index (χ1) is 16.6. The van der Waals surface area contributed by atoms with Crippen LogP contribution in [0.1, 0.15) is 28.6 Å². The van der Waals surface area contributed by atoms with Crippen LogP contribution < -0.4 is 11.1 Å². The molecule has 2 heterocycles. The SMILES string of the molecule is CCOC(=O)CC(=O)c1sc(Nc2ccc(C(F)(F)F)cc2Cl)c(-c2nc3ccccc3s2)c1N. The molecule has 2 aromatic carbocycles. The van der Waals surface area contributed by atoms with Gasteiger partial charge >= 0.3 is 12.1 Å². The van der Waals surface area contributed by atoms with Crippen molar-refractivity contribution in [3.05, 3.63) is 57.9 Å². The van der Waals surface area contributed by atoms with E-state index in [0.29, 0.717) is 15.6 Å². The van der Waals surface area contributed by atoms with Crippen molar-refractivity contribution in [3.63, 3.8) is 0 Å². The van der Waals surface area contributed by atoms with E-state index in [9.17, 15) is 22.8 Å². The van der Waals surface area contributed by atoms with Crippen LogP contribution in [-0.4, -0.2) is 23.3 Å². The number of nitrogens with two attached hydrogens (primary N) is 1. The summed E-state index contributed by atoms with van der Waals surface area (Å²) in [5.74, 6) is -1.23. The molecule has 182 valence electrons. The van der Waals surface area contributed by atoms with Crippen molar-refractivity contribution in [2.45, 2.75) is 19.5 Å². The van der Waals surface area contributed by atoms with Gasteiger partial charge in [0.05, 0.1) is 49.2 Å². The highest BCUT2D eigenvalue weighted by atomic mass is 35.5. The monoisotopic (exact) mass is 539 g/mol. The number of thiophene rings is 1. The number of nitrogens with one attached hydrogen (secondary N) is 1. The van der Waals surface area contributed by atoms with Gasteiger partial charge in [0.15, 0.2) is 5.78 Å². The van der Waals surface area contributed by atoms with Gasteiger partial charge in [0.1, 0.15) is 16.4 Å². The van der Waals surface area contributed by atoms with E-state index in [1.165, 1.54) is 17.4 Å². The fraction of sp³-hybridized carbons (Fsp3) is 0.174. The number of nitrogen functional groups attached to an aromatic ring is 1. The summed E-state index contributed by atoms with van der Waals surface area (Å²) in [4.78, 5) is 29.4. The second-order valence-corrected chi connectivity index (χ2v) is 9.72. The topological polar surface area (TPSA) is 94.3 Å². The van der Waals surface area contributed by atoms with Crippen molar-refractivity contribution < 1.29 is 27.5 Å². The van der Waals surface area contributed by atoms with E-state index in [4.69, 9.17) is 22.1 Å². The highest BCUT2D eigenvalue weighted by Gasteiger charge is 2.31. The number of alkyl halides is 3. The molecule has 0 saturated carbocycles. The van der Waals surface area contributed by atoms with Crippen molar-refractivity contribution in [2.75, 3.05) is 17.7 Å². The van der Waals surface area contributed by atoms with Gasteiger partial charge in [0.2, 0.25) is 0 Å². The lowest BCUT2D eigenvalue weighted by atomic mass is 10.1. The Bertz CT molecular complexity index is 1400. The van der Waals surface area contributed by atoms with Gasteiger partial charge in [-0.05, 0) is 37.3 Å². The van der Waals surface area contributed by atoms with E-state index in [2.05, 4.69) is 10.3 Å². The number of rotatable bonds is 7. The minimum Gasteiger partial charge on any atom is -0.466 e. The van der Waals surface area contributed by atoms with E-state index in [1.807, 2.05) is 24.3 Å². The molecule has 2 aromatic heterocycles. The zero-order valence-corrected chi connectivity index (χ0v) is 20.4. The Kier molecular flexibility index (Phi) is 7.02. The van der Waals surface area contributed by atoms with Crippen LogP contribution in [0.4, 0.5) is 29.5 Å². The minimum absolute atomic E-state index is 0.105. The summed E-state index contributed by atoms with van der Waals surface area (Å²) in [5, 5.41) is 3.69. The third kappa shape index (κ3) is 5.26. The number of esters is 1. The molecule has 0 aliphatic carbocycles. The number of anilines is 3. The second-order valence-electron chi connectivity index (χ2n) is 7.26. The molecule has 0 aliphatic heterocycles. The molecule has 35 heavy (non-hydrogen) atoms. The maximum absolute atomic E-state index is 13.0. The number of hydrogen-bond donors (Lipinski definition) is 2. The molecule has 12 heteroatoms. The van der Waals surface area contributed by atoms with Crippen molar-refractivity contribution in [3.8, 4) is 10.6 Å². The van der Waals surface area contributed by atoms with E-state index < -0.39 is 29.9 Å². The number of nitrogens with zero attached hydrogens (tertiary/aromatic N) is 1. The summed E-state index contributed by atoms with van der Waals surface area (Å²) < 4.78 is 44.9. The number of aromatic nitrogens is 1. The third-order valence-electron chi connectivity index (χ3n) is 4.86. The number of hydrogen-bond acceptors (Lipinski definition) is 8. The summed E-state index contributed by atoms with van der Waals surface area (Å²) in [6, 6.07) is 10.3. The molecule has 0 amide bonds. The Hall–Kier alpha value is -3.15. The van der Waals surface area contributed by atoms with Gasteiger partial charge < -0.3 is 15.8 Å². The second kappa shape index (κ2) is 9.84. The largest absolute Gasteiger partial charge is 0.466 e. The number of fused-ring (bicyclic) bond motifs is 1. The van der Waals surface area contributed by atoms with Crippen LogP contribution in [0, 0.1) is 0 Å². The molecule has 0 atom stereocenters. The zero-order chi connectivity index (χ0) is 25.3. The van der Waals surface area contributed by atoms with Gasteiger partial charge in [-0.3, -0.25) is 9.59 Å². The maximum atomic E-state index is 13.0. The number of ketones is 1. The molecular weight excluding hydrogens is 523 g/mol. The van der Waals surface area contributed by atoms with Crippen molar-refractivity contribution in [1.82, 2.24) is 4.98 Å². The lowest BCUT2D eigenvalue weighted by Gasteiger charge is -2.12. The van der Waals surface area contributed by atoms with Gasteiger partial charge in [-0.25, -0.2) is 4.98 Å². The number of halogens is 4. The van der Waals surface area contributed by atoms with Crippen LogP contribution in [0.3, 0.4) is 0 Å². The molecule has 3 N–H and O–H groups in total. The summed E-state index contributed by atoms with van der Waals surface area (Å²) in [7, 11) is 0. The van der Waals surface area contributed by atoms with Gasteiger partial charge in [0, 0.05) is 0 Å². The molecule has 0 unspecified atom stereocenters. The fourth-order valence-corrected chi connectivity index (χ4v) is 5.66. The summed E-state index contributed by atoms with van der Waals surface area (Å²) >= 11 is 8.43. The highest BCUT2D eigenvalue weighted by Crippen LogP contribution is 2.47. The number of carbonyl (C=O) groups excluding carboxylic acids is 2. The number of para-hydroxylation sites is 1.